The molecule has 1 aromatic rings. The predicted molar refractivity (Wildman–Crippen MR) is 77.1 cm³/mol. The zero-order valence-electron chi connectivity index (χ0n) is 12.4. The lowest BCUT2D eigenvalue weighted by Gasteiger charge is -2.17. The van der Waals surface area contributed by atoms with Crippen LogP contribution in [0.25, 0.3) is 0 Å². The minimum atomic E-state index is 0.228. The van der Waals surface area contributed by atoms with E-state index in [1.807, 2.05) is 32.0 Å². The Hall–Kier alpha value is -1.51. The molecule has 1 aromatic carbocycles. The van der Waals surface area contributed by atoms with Gasteiger partial charge in [0.15, 0.2) is 0 Å². The van der Waals surface area contributed by atoms with Gasteiger partial charge < -0.3 is 14.3 Å². The summed E-state index contributed by atoms with van der Waals surface area (Å²) in [5, 5.41) is 0. The van der Waals surface area contributed by atoms with Crippen LogP contribution in [0.5, 0.6) is 11.5 Å². The van der Waals surface area contributed by atoms with Gasteiger partial charge in [-0.25, -0.2) is 0 Å². The van der Waals surface area contributed by atoms with E-state index in [2.05, 4.69) is 6.92 Å². The van der Waals surface area contributed by atoms with E-state index in [1.54, 1.807) is 6.92 Å². The van der Waals surface area contributed by atoms with Gasteiger partial charge in [-0.1, -0.05) is 6.92 Å². The van der Waals surface area contributed by atoms with Crippen molar-refractivity contribution < 1.29 is 14.3 Å². The monoisotopic (exact) mass is 264 g/mol. The van der Waals surface area contributed by atoms with Gasteiger partial charge in [-0.05, 0) is 51.3 Å². The maximum Gasteiger partial charge on any atom is 0.129 e. The van der Waals surface area contributed by atoms with Gasteiger partial charge in [-0.2, -0.15) is 0 Å². The second-order valence-electron chi connectivity index (χ2n) is 4.71. The normalized spacial score (nSPS) is 12.0. The molecule has 0 bridgehead atoms. The number of hydrogen-bond acceptors (Lipinski definition) is 3. The van der Waals surface area contributed by atoms with Crippen molar-refractivity contribution in [1.29, 1.82) is 0 Å². The summed E-state index contributed by atoms with van der Waals surface area (Å²) < 4.78 is 11.2. The van der Waals surface area contributed by atoms with Crippen molar-refractivity contribution in [3.63, 3.8) is 0 Å². The summed E-state index contributed by atoms with van der Waals surface area (Å²) in [7, 11) is 0. The van der Waals surface area contributed by atoms with Gasteiger partial charge in [-0.15, -0.1) is 0 Å². The van der Waals surface area contributed by atoms with Crippen LogP contribution in [0.2, 0.25) is 0 Å². The third-order valence-corrected chi connectivity index (χ3v) is 3.05. The average molecular weight is 264 g/mol. The Morgan fingerprint density at radius 2 is 1.89 bits per heavy atom. The minimum Gasteiger partial charge on any atom is -0.494 e. The third kappa shape index (κ3) is 4.93. The molecule has 1 unspecified atom stereocenters. The first-order valence-corrected chi connectivity index (χ1v) is 6.97. The van der Waals surface area contributed by atoms with E-state index in [9.17, 15) is 4.79 Å². The molecule has 0 saturated heterocycles. The highest BCUT2D eigenvalue weighted by Gasteiger charge is 2.14. The number of benzene rings is 1. The fourth-order valence-electron chi connectivity index (χ4n) is 2.03. The quantitative estimate of drug-likeness (QED) is 0.713. The van der Waals surface area contributed by atoms with Crippen molar-refractivity contribution in [3.8, 4) is 11.5 Å². The highest BCUT2D eigenvalue weighted by molar-refractivity contribution is 5.75. The largest absolute Gasteiger partial charge is 0.494 e. The average Bonchev–Trinajstić information content (AvgIpc) is 2.38. The van der Waals surface area contributed by atoms with Crippen LogP contribution in [0, 0.1) is 0 Å². The first-order valence-electron chi connectivity index (χ1n) is 6.97. The van der Waals surface area contributed by atoms with Gasteiger partial charge >= 0.3 is 0 Å². The van der Waals surface area contributed by atoms with E-state index in [1.165, 1.54) is 0 Å². The Labute approximate surface area is 115 Å². The molecule has 0 amide bonds. The lowest BCUT2D eigenvalue weighted by atomic mass is 9.94. The zero-order valence-corrected chi connectivity index (χ0v) is 12.4. The van der Waals surface area contributed by atoms with Crippen LogP contribution < -0.4 is 9.47 Å². The van der Waals surface area contributed by atoms with Crippen LogP contribution in [0.4, 0.5) is 0 Å². The molecule has 0 spiro atoms. The van der Waals surface area contributed by atoms with E-state index in [4.69, 9.17) is 9.47 Å². The Morgan fingerprint density at radius 3 is 2.47 bits per heavy atom. The van der Waals surface area contributed by atoms with E-state index >= 15 is 0 Å². The van der Waals surface area contributed by atoms with Gasteiger partial charge in [0.25, 0.3) is 0 Å². The molecule has 0 aliphatic carbocycles. The third-order valence-electron chi connectivity index (χ3n) is 3.05. The molecular weight excluding hydrogens is 240 g/mol. The summed E-state index contributed by atoms with van der Waals surface area (Å²) in [6, 6.07) is 5.91. The molecule has 3 nitrogen and oxygen atoms in total. The van der Waals surface area contributed by atoms with Crippen LogP contribution in [0.15, 0.2) is 18.2 Å². The van der Waals surface area contributed by atoms with E-state index in [0.717, 1.165) is 23.5 Å². The van der Waals surface area contributed by atoms with Crippen molar-refractivity contribution in [2.75, 3.05) is 13.2 Å². The summed E-state index contributed by atoms with van der Waals surface area (Å²) in [6.07, 6.45) is 1.44. The number of carbonyl (C=O) groups is 1. The van der Waals surface area contributed by atoms with Crippen molar-refractivity contribution in [1.82, 2.24) is 0 Å². The SMILES string of the molecule is CCOc1ccc(OCC)c(C(C)CCC(C)=O)c1. The van der Waals surface area contributed by atoms with E-state index in [-0.39, 0.29) is 11.7 Å². The number of rotatable bonds is 8. The fraction of sp³-hybridized carbons (Fsp3) is 0.562. The summed E-state index contributed by atoms with van der Waals surface area (Å²) in [6.45, 7) is 8.98. The minimum absolute atomic E-state index is 0.228. The molecule has 3 heteroatoms. The molecular formula is C16H24O3. The Balaban J connectivity index is 2.91. The molecule has 0 aliphatic rings. The topological polar surface area (TPSA) is 35.5 Å². The molecule has 1 rings (SSSR count). The summed E-state index contributed by atoms with van der Waals surface area (Å²) in [5.41, 5.74) is 1.12. The van der Waals surface area contributed by atoms with Crippen LogP contribution in [0.1, 0.15) is 52.0 Å². The summed E-state index contributed by atoms with van der Waals surface area (Å²) in [5.74, 6) is 2.26. The Bertz CT molecular complexity index is 412. The number of ether oxygens (including phenoxy) is 2. The maximum absolute atomic E-state index is 11.1. The van der Waals surface area contributed by atoms with Crippen molar-refractivity contribution in [2.24, 2.45) is 0 Å². The lowest BCUT2D eigenvalue weighted by molar-refractivity contribution is -0.117. The van der Waals surface area contributed by atoms with Gasteiger partial charge in [-0.3, -0.25) is 0 Å². The van der Waals surface area contributed by atoms with E-state index < -0.39 is 0 Å². The van der Waals surface area contributed by atoms with Gasteiger partial charge in [0.1, 0.15) is 17.3 Å². The van der Waals surface area contributed by atoms with Crippen LogP contribution in [-0.4, -0.2) is 19.0 Å². The number of carbonyl (C=O) groups excluding carboxylic acids is 1. The van der Waals surface area contributed by atoms with Crippen LogP contribution >= 0.6 is 0 Å². The molecule has 0 fully saturated rings. The highest BCUT2D eigenvalue weighted by Crippen LogP contribution is 2.33. The molecule has 0 aliphatic heterocycles. The molecule has 106 valence electrons. The molecule has 0 N–H and O–H groups in total. The van der Waals surface area contributed by atoms with Crippen molar-refractivity contribution in [2.45, 2.75) is 46.5 Å². The van der Waals surface area contributed by atoms with Crippen LogP contribution in [0.3, 0.4) is 0 Å². The standard InChI is InChI=1S/C16H24O3/c1-5-18-14-9-10-16(19-6-2)15(11-14)12(3)7-8-13(4)17/h9-12H,5-8H2,1-4H3. The maximum atomic E-state index is 11.1. The van der Waals surface area contributed by atoms with Gasteiger partial charge in [0.2, 0.25) is 0 Å². The first-order chi connectivity index (χ1) is 9.08. The number of Topliss-reactive ketones (excluding diaryl/α,β-unsaturated/α-hetero) is 1. The van der Waals surface area contributed by atoms with Crippen molar-refractivity contribution >= 4 is 5.78 Å². The Kier molecular flexibility index (Phi) is 6.40. The van der Waals surface area contributed by atoms with Gasteiger partial charge in [0, 0.05) is 12.0 Å². The lowest BCUT2D eigenvalue weighted by Crippen LogP contribution is -2.03. The Morgan fingerprint density at radius 1 is 1.21 bits per heavy atom. The number of hydrogen-bond donors (Lipinski definition) is 0. The zero-order chi connectivity index (χ0) is 14.3. The second-order valence-corrected chi connectivity index (χ2v) is 4.71. The summed E-state index contributed by atoms with van der Waals surface area (Å²) >= 11 is 0. The predicted octanol–water partition coefficient (Wildman–Crippen LogP) is 3.96. The van der Waals surface area contributed by atoms with Crippen molar-refractivity contribution in [3.05, 3.63) is 23.8 Å². The molecule has 0 aromatic heterocycles. The molecule has 1 atom stereocenters. The highest BCUT2D eigenvalue weighted by atomic mass is 16.5. The second kappa shape index (κ2) is 7.82. The summed E-state index contributed by atoms with van der Waals surface area (Å²) in [4.78, 5) is 11.1. The molecule has 0 saturated carbocycles. The first kappa shape index (κ1) is 15.5. The fourth-order valence-corrected chi connectivity index (χ4v) is 2.03. The molecule has 0 heterocycles. The van der Waals surface area contributed by atoms with E-state index in [0.29, 0.717) is 19.6 Å². The smallest absolute Gasteiger partial charge is 0.129 e. The van der Waals surface area contributed by atoms with Crippen LogP contribution in [-0.2, 0) is 4.79 Å². The molecule has 0 radical (unpaired) electrons. The van der Waals surface area contributed by atoms with Gasteiger partial charge in [0.05, 0.1) is 13.2 Å². The number of ketones is 1. The molecule has 19 heavy (non-hydrogen) atoms.